The van der Waals surface area contributed by atoms with Crippen LogP contribution in [-0.4, -0.2) is 16.1 Å². The van der Waals surface area contributed by atoms with Gasteiger partial charge in [-0.15, -0.1) is 0 Å². The van der Waals surface area contributed by atoms with Gasteiger partial charge in [0.2, 0.25) is 0 Å². The van der Waals surface area contributed by atoms with Crippen molar-refractivity contribution in [3.8, 4) is 0 Å². The van der Waals surface area contributed by atoms with E-state index in [4.69, 9.17) is 0 Å². The summed E-state index contributed by atoms with van der Waals surface area (Å²) in [6.07, 6.45) is 12.2. The molecule has 0 bridgehead atoms. The predicted octanol–water partition coefficient (Wildman–Crippen LogP) is -0.740. The van der Waals surface area contributed by atoms with Crippen LogP contribution in [0.2, 0.25) is 39.3 Å². The fourth-order valence-corrected chi connectivity index (χ4v) is 12.1. The van der Waals surface area contributed by atoms with Crippen LogP contribution in [0.4, 0.5) is 0 Å². The molecular formula is C16H26Cl2Si2Ti. The van der Waals surface area contributed by atoms with E-state index in [1.807, 2.05) is 7.76 Å². The minimum atomic E-state index is -1.13. The number of hydrogen-bond acceptors (Lipinski definition) is 0. The van der Waals surface area contributed by atoms with Crippen LogP contribution in [0.1, 0.15) is 12.8 Å². The van der Waals surface area contributed by atoms with Crippen molar-refractivity contribution in [3.63, 3.8) is 0 Å². The van der Waals surface area contributed by atoms with Crippen molar-refractivity contribution in [2.45, 2.75) is 52.1 Å². The molecule has 0 amide bonds. The summed E-state index contributed by atoms with van der Waals surface area (Å²) in [4.78, 5) is 0. The van der Waals surface area contributed by atoms with Gasteiger partial charge in [0.05, 0.1) is 0 Å². The van der Waals surface area contributed by atoms with E-state index in [1.165, 1.54) is 12.8 Å². The van der Waals surface area contributed by atoms with Crippen LogP contribution < -0.4 is 24.8 Å². The summed E-state index contributed by atoms with van der Waals surface area (Å²) < 4.78 is 3.68. The Morgan fingerprint density at radius 2 is 1.05 bits per heavy atom. The quantitative estimate of drug-likeness (QED) is 0.552. The van der Waals surface area contributed by atoms with Gasteiger partial charge in [-0.05, 0) is 0 Å². The molecule has 5 heteroatoms. The van der Waals surface area contributed by atoms with Crippen molar-refractivity contribution in [1.82, 2.24) is 0 Å². The Bertz CT molecular complexity index is 457. The third-order valence-corrected chi connectivity index (χ3v) is 11.2. The van der Waals surface area contributed by atoms with Crippen LogP contribution >= 0.6 is 0 Å². The Morgan fingerprint density at radius 1 is 0.714 bits per heavy atom. The zero-order chi connectivity index (χ0) is 14.3. The summed E-state index contributed by atoms with van der Waals surface area (Å²) in [5.41, 5.74) is 0. The Labute approximate surface area is 154 Å². The monoisotopic (exact) mass is 392 g/mol. The molecule has 0 saturated carbocycles. The molecule has 0 aromatic rings. The number of rotatable bonds is 4. The third kappa shape index (κ3) is 5.37. The first-order chi connectivity index (χ1) is 8.69. The van der Waals surface area contributed by atoms with E-state index >= 15 is 0 Å². The maximum absolute atomic E-state index is 2.49. The van der Waals surface area contributed by atoms with E-state index in [1.54, 1.807) is 10.4 Å². The summed E-state index contributed by atoms with van der Waals surface area (Å²) in [6.45, 7) is 14.9. The van der Waals surface area contributed by atoms with E-state index < -0.39 is 16.1 Å². The van der Waals surface area contributed by atoms with Gasteiger partial charge in [0.1, 0.15) is 0 Å². The molecule has 0 aromatic heterocycles. The van der Waals surface area contributed by atoms with Crippen LogP contribution in [0.15, 0.2) is 42.5 Å². The van der Waals surface area contributed by atoms with Crippen LogP contribution in [0.3, 0.4) is 0 Å². The molecule has 0 aliphatic heterocycles. The molecule has 116 valence electrons. The van der Waals surface area contributed by atoms with Gasteiger partial charge < -0.3 is 24.8 Å². The smallest absolute Gasteiger partial charge is 1.00 e. The largest absolute Gasteiger partial charge is 1.00 e. The van der Waals surface area contributed by atoms with Gasteiger partial charge in [-0.1, -0.05) is 0 Å². The van der Waals surface area contributed by atoms with Gasteiger partial charge in [0.15, 0.2) is 0 Å². The van der Waals surface area contributed by atoms with Crippen LogP contribution in [0, 0.1) is 0 Å². The molecule has 0 heterocycles. The summed E-state index contributed by atoms with van der Waals surface area (Å²) >= 11 is -0.0444. The van der Waals surface area contributed by atoms with Crippen molar-refractivity contribution >= 4 is 16.1 Å². The number of halogens is 2. The molecule has 21 heavy (non-hydrogen) atoms. The van der Waals surface area contributed by atoms with E-state index in [2.05, 4.69) is 63.6 Å². The Balaban J connectivity index is 0.00000200. The van der Waals surface area contributed by atoms with Gasteiger partial charge in [0, 0.05) is 0 Å². The second kappa shape index (κ2) is 7.99. The molecular weight excluding hydrogens is 367 g/mol. The molecule has 0 fully saturated rings. The molecule has 0 N–H and O–H groups in total. The third-order valence-electron chi connectivity index (χ3n) is 3.78. The second-order valence-corrected chi connectivity index (χ2v) is 20.0. The van der Waals surface area contributed by atoms with E-state index in [-0.39, 0.29) is 44.0 Å². The summed E-state index contributed by atoms with van der Waals surface area (Å²) in [5.74, 6) is 0. The standard InChI is InChI=1S/2C8H13Si.2ClH.Ti/c2*1-9(2,3)8-6-4-5-7-8;;;/h2*4,6H,5H2,1-3H3;2*1H;/q;;;;+2/p-2. The average molecular weight is 393 g/mol. The van der Waals surface area contributed by atoms with E-state index in [9.17, 15) is 0 Å². The first-order valence-electron chi connectivity index (χ1n) is 7.27. The summed E-state index contributed by atoms with van der Waals surface area (Å²) in [6, 6.07) is 0. The predicted molar refractivity (Wildman–Crippen MR) is 88.3 cm³/mol. The molecule has 2 aliphatic rings. The molecule has 0 spiro atoms. The zero-order valence-electron chi connectivity index (χ0n) is 14.0. The van der Waals surface area contributed by atoms with Crippen molar-refractivity contribution in [2.75, 3.05) is 0 Å². The molecule has 0 aromatic carbocycles. The topological polar surface area (TPSA) is 0 Å². The van der Waals surface area contributed by atoms with E-state index in [0.717, 1.165) is 0 Å². The number of allylic oxidation sites excluding steroid dienone is 8. The van der Waals surface area contributed by atoms with Crippen molar-refractivity contribution in [1.29, 1.82) is 0 Å². The molecule has 0 radical (unpaired) electrons. The van der Waals surface area contributed by atoms with Crippen molar-refractivity contribution in [3.05, 3.63) is 42.5 Å². The van der Waals surface area contributed by atoms with Crippen LogP contribution in [0.5, 0.6) is 0 Å². The minimum absolute atomic E-state index is 0. The molecule has 2 rings (SSSR count). The molecule has 2 aliphatic carbocycles. The molecule has 0 saturated heterocycles. The average Bonchev–Trinajstić information content (AvgIpc) is 2.83. The zero-order valence-corrected chi connectivity index (χ0v) is 19.1. The van der Waals surface area contributed by atoms with Gasteiger partial charge >= 0.3 is 130 Å². The summed E-state index contributed by atoms with van der Waals surface area (Å²) in [7, 11) is -2.27. The summed E-state index contributed by atoms with van der Waals surface area (Å²) in [5, 5.41) is 3.53. The fraction of sp³-hybridized carbons (Fsp3) is 0.500. The van der Waals surface area contributed by atoms with Crippen LogP contribution in [-0.2, 0) is 19.2 Å². The maximum Gasteiger partial charge on any atom is -1.00 e. The maximum atomic E-state index is 2.49. The van der Waals surface area contributed by atoms with Gasteiger partial charge in [-0.25, -0.2) is 0 Å². The molecule has 0 nitrogen and oxygen atoms in total. The fourth-order valence-electron chi connectivity index (χ4n) is 2.83. The first kappa shape index (κ1) is 21.7. The van der Waals surface area contributed by atoms with Crippen LogP contribution in [0.25, 0.3) is 0 Å². The van der Waals surface area contributed by atoms with Crippen molar-refractivity contribution < 1.29 is 44.0 Å². The minimum Gasteiger partial charge on any atom is -1.00 e. The first-order valence-corrected chi connectivity index (χ1v) is 15.8. The second-order valence-electron chi connectivity index (χ2n) is 7.62. The Morgan fingerprint density at radius 3 is 1.33 bits per heavy atom. The van der Waals surface area contributed by atoms with E-state index in [0.29, 0.717) is 0 Å². The van der Waals surface area contributed by atoms with Gasteiger partial charge in [-0.2, -0.15) is 0 Å². The SMILES string of the molecule is C[Si](C)(C)C1=[C]([Ti+2][C]2=C([Si](C)(C)C)C=CC2)CC=C1.[Cl-].[Cl-]. The normalized spacial score (nSPS) is 17.8. The van der Waals surface area contributed by atoms with Gasteiger partial charge in [-0.3, -0.25) is 0 Å². The Hall–Kier alpha value is 0.688. The van der Waals surface area contributed by atoms with Gasteiger partial charge in [0.25, 0.3) is 0 Å². The molecule has 0 unspecified atom stereocenters. The number of hydrogen-bond donors (Lipinski definition) is 0. The molecule has 0 atom stereocenters. The van der Waals surface area contributed by atoms with Crippen molar-refractivity contribution in [2.24, 2.45) is 0 Å². The Kier molecular flexibility index (Phi) is 8.25.